The summed E-state index contributed by atoms with van der Waals surface area (Å²) in [5, 5.41) is 15.9. The van der Waals surface area contributed by atoms with E-state index >= 15 is 0 Å². The molecule has 0 saturated carbocycles. The number of piperidine rings is 1. The number of hydrogen-bond donors (Lipinski definition) is 1. The molecule has 12 heteroatoms. The van der Waals surface area contributed by atoms with Gasteiger partial charge in [0.05, 0.1) is 0 Å². The Morgan fingerprint density at radius 1 is 0.771 bits per heavy atom. The molecule has 4 aliphatic heterocycles. The summed E-state index contributed by atoms with van der Waals surface area (Å²) in [5.41, 5.74) is 3.18. The number of pyridine rings is 1. The number of carboxylic acid groups (broad SMARTS) is 2. The van der Waals surface area contributed by atoms with E-state index in [1.54, 1.807) is 11.1 Å². The second-order valence-electron chi connectivity index (χ2n) is 12.3. The van der Waals surface area contributed by atoms with Crippen LogP contribution in [0, 0.1) is 5.92 Å². The van der Waals surface area contributed by atoms with Gasteiger partial charge in [-0.25, -0.2) is 9.36 Å². The predicted molar refractivity (Wildman–Crippen MR) is 170 cm³/mol. The topological polar surface area (TPSA) is 84.5 Å². The van der Waals surface area contributed by atoms with Gasteiger partial charge in [-0.3, -0.25) is 0 Å². The van der Waals surface area contributed by atoms with E-state index in [4.69, 9.17) is 19.8 Å². The van der Waals surface area contributed by atoms with Gasteiger partial charge < -0.3 is 19.9 Å². The van der Waals surface area contributed by atoms with Crippen LogP contribution in [0.3, 0.4) is 0 Å². The Balaban J connectivity index is 0.000000479. The molecule has 3 atom stereocenters. The number of carbonyl (C=O) groups excluding carboxylic acids is 1. The van der Waals surface area contributed by atoms with Crippen molar-refractivity contribution in [3.05, 3.63) is 78.2 Å². The van der Waals surface area contributed by atoms with Gasteiger partial charge in [0.25, 0.3) is 0 Å². The average molecular weight is 687 g/mol. The zero-order chi connectivity index (χ0) is 35.4. The first-order chi connectivity index (χ1) is 22.8. The van der Waals surface area contributed by atoms with Gasteiger partial charge in [-0.1, -0.05) is 61.4 Å². The second-order valence-corrected chi connectivity index (χ2v) is 12.3. The van der Waals surface area contributed by atoms with Crippen LogP contribution in [0.4, 0.5) is 26.3 Å². The van der Waals surface area contributed by atoms with E-state index in [9.17, 15) is 26.3 Å². The van der Waals surface area contributed by atoms with Crippen LogP contribution in [0.25, 0.3) is 0 Å². The molecular formula is C36H48F6N2O4. The summed E-state index contributed by atoms with van der Waals surface area (Å²) in [4.78, 5) is 20.4. The maximum atomic E-state index is 10.6. The highest BCUT2D eigenvalue weighted by Crippen LogP contribution is 2.36. The largest absolute Gasteiger partial charge is 0.542 e. The molecule has 0 amide bonds. The molecule has 1 saturated heterocycles. The molecule has 4 aliphatic rings. The van der Waals surface area contributed by atoms with Crippen LogP contribution in [0.2, 0.25) is 0 Å². The van der Waals surface area contributed by atoms with E-state index in [1.807, 2.05) is 0 Å². The summed E-state index contributed by atoms with van der Waals surface area (Å²) in [5.74, 6) is -4.25. The molecule has 1 N–H and O–H groups in total. The fraction of sp³-hybridized carbons (Fsp3) is 0.583. The molecule has 1 aromatic heterocycles. The molecule has 1 unspecified atom stereocenters. The zero-order valence-corrected chi connectivity index (χ0v) is 27.4. The Morgan fingerprint density at radius 2 is 1.40 bits per heavy atom. The number of carboxylic acids is 2. The zero-order valence-electron chi connectivity index (χ0n) is 27.4. The van der Waals surface area contributed by atoms with E-state index in [1.165, 1.54) is 90.3 Å². The smallest absolute Gasteiger partial charge is 0.490 e. The molecular weight excluding hydrogens is 638 g/mol. The van der Waals surface area contributed by atoms with E-state index in [0.29, 0.717) is 0 Å². The first-order valence-electron chi connectivity index (χ1n) is 16.7. The Bertz CT molecular complexity index is 1220. The molecule has 1 fully saturated rings. The fourth-order valence-electron chi connectivity index (χ4n) is 6.01. The van der Waals surface area contributed by atoms with E-state index < -0.39 is 24.3 Å². The van der Waals surface area contributed by atoms with Crippen LogP contribution in [0.15, 0.2) is 67.1 Å². The molecule has 48 heavy (non-hydrogen) atoms. The van der Waals surface area contributed by atoms with Crippen LogP contribution in [0.1, 0.15) is 94.1 Å². The Labute approximate surface area is 279 Å². The number of allylic oxidation sites excluding steroid dienone is 7. The Kier molecular flexibility index (Phi) is 18.3. The maximum Gasteiger partial charge on any atom is 0.490 e. The molecule has 5 heterocycles. The van der Waals surface area contributed by atoms with Crippen molar-refractivity contribution in [2.75, 3.05) is 19.6 Å². The van der Waals surface area contributed by atoms with Crippen molar-refractivity contribution in [3.63, 3.8) is 0 Å². The van der Waals surface area contributed by atoms with Crippen molar-refractivity contribution in [2.45, 2.75) is 108 Å². The molecule has 5 rings (SSSR count). The minimum atomic E-state index is -5.19. The Morgan fingerprint density at radius 3 is 2.06 bits per heavy atom. The molecule has 6 bridgehead atoms. The lowest BCUT2D eigenvalue weighted by Crippen LogP contribution is -2.41. The summed E-state index contributed by atoms with van der Waals surface area (Å²) in [6.07, 6.45) is 29.8. The third-order valence-electron chi connectivity index (χ3n) is 8.41. The van der Waals surface area contributed by atoms with E-state index in [0.717, 1.165) is 31.2 Å². The summed E-state index contributed by atoms with van der Waals surface area (Å²) in [6, 6.07) is 2.59. The lowest BCUT2D eigenvalue weighted by atomic mass is 9.78. The average Bonchev–Trinajstić information content (AvgIpc) is 3.02. The molecule has 1 aromatic rings. The highest BCUT2D eigenvalue weighted by atomic mass is 19.4. The number of aliphatic carboxylic acids is 2. The number of rotatable bonds is 0. The van der Waals surface area contributed by atoms with Gasteiger partial charge in [-0.05, 0) is 88.7 Å². The summed E-state index contributed by atoms with van der Waals surface area (Å²) in [7, 11) is 0. The highest BCUT2D eigenvalue weighted by Gasteiger charge is 2.38. The summed E-state index contributed by atoms with van der Waals surface area (Å²) >= 11 is 0. The number of carbonyl (C=O) groups is 2. The predicted octanol–water partition coefficient (Wildman–Crippen LogP) is 7.40. The van der Waals surface area contributed by atoms with Crippen LogP contribution in [-0.4, -0.2) is 53.9 Å². The van der Waals surface area contributed by atoms with Crippen molar-refractivity contribution >= 4 is 11.9 Å². The molecule has 0 radical (unpaired) electrons. The first-order valence-corrected chi connectivity index (χ1v) is 16.7. The van der Waals surface area contributed by atoms with Gasteiger partial charge in [0.2, 0.25) is 0 Å². The number of aromatic nitrogens is 1. The van der Waals surface area contributed by atoms with Crippen molar-refractivity contribution in [1.82, 2.24) is 4.90 Å². The van der Waals surface area contributed by atoms with Gasteiger partial charge in [-0.2, -0.15) is 26.3 Å². The number of alkyl halides is 6. The Hall–Kier alpha value is -3.41. The van der Waals surface area contributed by atoms with E-state index in [-0.39, 0.29) is 0 Å². The SMILES string of the molecule is C1=C\CCCCc2cc3c[n+](c2)CC/C=C\C/C=C\CCCCC[C@@H]2CN(CC/C=C/1)CC[C@@H]32.O=C(O)C(F)(F)F.O=C([O-])C(F)(F)F. The standard InChI is InChI=1S/C32H47N2.2C2HF3O2/c1-2-5-10-14-18-23-34-26-29-19-15-11-7-4-6-9-13-17-22-33-24-21-32(31(25-29)28-34)30(27-33)20-16-12-8-3-1;2*3-2(4,5)1(6)7/h1-2,4,6,9-10,13-14,25-26,28,30,32H,3,5,7-8,11-12,15-24,27H2;2*(H,6,7)/q+1;;/p-1/b2-1-,6-4-,13-9+,14-10-;;/t30-,32-;;/m1../s1. The third-order valence-corrected chi connectivity index (χ3v) is 8.41. The number of halogens is 6. The van der Waals surface area contributed by atoms with Gasteiger partial charge >= 0.3 is 18.3 Å². The van der Waals surface area contributed by atoms with Gasteiger partial charge in [0.15, 0.2) is 18.9 Å². The van der Waals surface area contributed by atoms with Gasteiger partial charge in [-0.15, -0.1) is 0 Å². The lowest BCUT2D eigenvalue weighted by Gasteiger charge is -2.38. The van der Waals surface area contributed by atoms with Crippen LogP contribution >= 0.6 is 0 Å². The minimum Gasteiger partial charge on any atom is -0.542 e. The molecule has 0 aliphatic carbocycles. The second kappa shape index (κ2) is 21.5. The van der Waals surface area contributed by atoms with Crippen molar-refractivity contribution in [1.29, 1.82) is 0 Å². The maximum absolute atomic E-state index is 10.6. The van der Waals surface area contributed by atoms with Gasteiger partial charge in [0, 0.05) is 30.6 Å². The quantitative estimate of drug-likeness (QED) is 0.175. The lowest BCUT2D eigenvalue weighted by molar-refractivity contribution is -0.697. The summed E-state index contributed by atoms with van der Waals surface area (Å²) in [6.45, 7) is 4.84. The number of hydrogen-bond acceptors (Lipinski definition) is 4. The van der Waals surface area contributed by atoms with Crippen molar-refractivity contribution < 1.29 is 50.7 Å². The van der Waals surface area contributed by atoms with Crippen molar-refractivity contribution in [3.8, 4) is 0 Å². The minimum absolute atomic E-state index is 0.724. The van der Waals surface area contributed by atoms with Crippen molar-refractivity contribution in [2.24, 2.45) is 5.92 Å². The number of nitrogens with zero attached hydrogens (tertiary/aromatic N) is 2. The highest BCUT2D eigenvalue weighted by molar-refractivity contribution is 5.73. The number of fused-ring (bicyclic) bond motifs is 9. The molecule has 0 spiro atoms. The van der Waals surface area contributed by atoms with Crippen LogP contribution in [-0.2, 0) is 22.6 Å². The van der Waals surface area contributed by atoms with Crippen LogP contribution < -0.4 is 9.67 Å². The van der Waals surface area contributed by atoms with Crippen LogP contribution in [0.5, 0.6) is 0 Å². The van der Waals surface area contributed by atoms with Gasteiger partial charge in [0.1, 0.15) is 5.97 Å². The normalized spacial score (nSPS) is 25.5. The fourth-order valence-corrected chi connectivity index (χ4v) is 6.01. The number of aryl methyl sites for hydroxylation is 2. The van der Waals surface area contributed by atoms with E-state index in [2.05, 4.69) is 76.5 Å². The molecule has 268 valence electrons. The molecule has 6 nitrogen and oxygen atoms in total. The third kappa shape index (κ3) is 17.1. The monoisotopic (exact) mass is 686 g/mol. The molecule has 0 aromatic carbocycles. The first kappa shape index (κ1) is 40.8. The summed E-state index contributed by atoms with van der Waals surface area (Å²) < 4.78 is 65.8.